The average Bonchev–Trinajstić information content (AvgIpc) is 3.04. The van der Waals surface area contributed by atoms with Crippen molar-refractivity contribution in [2.24, 2.45) is 17.8 Å². The van der Waals surface area contributed by atoms with E-state index in [4.69, 9.17) is 4.74 Å². The molecule has 0 unspecified atom stereocenters. The zero-order valence-corrected chi connectivity index (χ0v) is 15.3. The minimum Gasteiger partial charge on any atom is -0.497 e. The van der Waals surface area contributed by atoms with Crippen LogP contribution < -0.4 is 4.74 Å². The lowest BCUT2D eigenvalue weighted by Crippen LogP contribution is -2.40. The van der Waals surface area contributed by atoms with Crippen LogP contribution in [0.1, 0.15) is 18.4 Å². The van der Waals surface area contributed by atoms with Gasteiger partial charge in [0.2, 0.25) is 0 Å². The van der Waals surface area contributed by atoms with Crippen molar-refractivity contribution >= 4 is 0 Å². The number of piperidine rings is 1. The monoisotopic (exact) mass is 348 g/mol. The Kier molecular flexibility index (Phi) is 6.70. The van der Waals surface area contributed by atoms with Crippen LogP contribution in [-0.2, 0) is 6.54 Å². The van der Waals surface area contributed by atoms with E-state index < -0.39 is 0 Å². The molecule has 2 aliphatic rings. The molecule has 0 radical (unpaired) electrons. The molecule has 0 amide bonds. The van der Waals surface area contributed by atoms with Gasteiger partial charge in [-0.15, -0.1) is 0 Å². The summed E-state index contributed by atoms with van der Waals surface area (Å²) in [7, 11) is 1.69. The predicted octanol–water partition coefficient (Wildman–Crippen LogP) is 1.44. The lowest BCUT2D eigenvalue weighted by molar-refractivity contribution is 0.106. The molecular formula is C20H32N2O3. The van der Waals surface area contributed by atoms with Crippen LogP contribution in [0.5, 0.6) is 5.75 Å². The third kappa shape index (κ3) is 4.94. The number of rotatable bonds is 7. The third-order valence-electron chi connectivity index (χ3n) is 5.91. The minimum absolute atomic E-state index is 0.275. The highest BCUT2D eigenvalue weighted by Gasteiger charge is 2.34. The maximum absolute atomic E-state index is 9.80. The number of hydrogen-bond donors (Lipinski definition) is 2. The van der Waals surface area contributed by atoms with E-state index in [9.17, 15) is 10.2 Å². The van der Waals surface area contributed by atoms with E-state index in [1.807, 2.05) is 12.1 Å². The largest absolute Gasteiger partial charge is 0.497 e. The smallest absolute Gasteiger partial charge is 0.118 e. The molecule has 2 aliphatic heterocycles. The van der Waals surface area contributed by atoms with Crippen LogP contribution >= 0.6 is 0 Å². The number of aliphatic hydroxyl groups is 2. The second kappa shape index (κ2) is 8.99. The molecule has 0 bridgehead atoms. The molecule has 1 aromatic carbocycles. The molecule has 0 spiro atoms. The molecule has 25 heavy (non-hydrogen) atoms. The van der Waals surface area contributed by atoms with Gasteiger partial charge in [-0.1, -0.05) is 12.1 Å². The Morgan fingerprint density at radius 1 is 0.960 bits per heavy atom. The van der Waals surface area contributed by atoms with Gasteiger partial charge in [0.15, 0.2) is 0 Å². The lowest BCUT2D eigenvalue weighted by atomic mass is 9.93. The number of likely N-dealkylation sites (tertiary alicyclic amines) is 2. The highest BCUT2D eigenvalue weighted by Crippen LogP contribution is 2.27. The molecule has 140 valence electrons. The van der Waals surface area contributed by atoms with Crippen molar-refractivity contribution in [3.05, 3.63) is 29.8 Å². The fraction of sp³-hybridized carbons (Fsp3) is 0.700. The van der Waals surface area contributed by atoms with Gasteiger partial charge < -0.3 is 19.8 Å². The van der Waals surface area contributed by atoms with Crippen molar-refractivity contribution in [3.8, 4) is 5.75 Å². The van der Waals surface area contributed by atoms with Gasteiger partial charge >= 0.3 is 0 Å². The Bertz CT molecular complexity index is 514. The number of methoxy groups -OCH3 is 1. The molecule has 0 aliphatic carbocycles. The van der Waals surface area contributed by atoms with Crippen LogP contribution in [0.2, 0.25) is 0 Å². The maximum atomic E-state index is 9.80. The second-order valence-corrected chi connectivity index (χ2v) is 7.67. The van der Waals surface area contributed by atoms with Crippen molar-refractivity contribution in [2.75, 3.05) is 53.0 Å². The van der Waals surface area contributed by atoms with Gasteiger partial charge in [-0.3, -0.25) is 4.90 Å². The van der Waals surface area contributed by atoms with Crippen LogP contribution in [0.3, 0.4) is 0 Å². The minimum atomic E-state index is 0.275. The van der Waals surface area contributed by atoms with E-state index >= 15 is 0 Å². The zero-order chi connectivity index (χ0) is 17.6. The number of aliphatic hydroxyl groups excluding tert-OH is 2. The molecule has 2 saturated heterocycles. The van der Waals surface area contributed by atoms with Crippen molar-refractivity contribution in [3.63, 3.8) is 0 Å². The highest BCUT2D eigenvalue weighted by atomic mass is 16.5. The van der Waals surface area contributed by atoms with Crippen molar-refractivity contribution in [1.82, 2.24) is 9.80 Å². The van der Waals surface area contributed by atoms with Crippen molar-refractivity contribution in [2.45, 2.75) is 19.4 Å². The lowest BCUT2D eigenvalue weighted by Gasteiger charge is -2.33. The summed E-state index contributed by atoms with van der Waals surface area (Å²) in [6.07, 6.45) is 2.20. The Labute approximate surface area is 151 Å². The fourth-order valence-corrected chi connectivity index (χ4v) is 4.25. The normalized spacial score (nSPS) is 26.2. The number of ether oxygens (including phenoxy) is 1. The number of nitrogens with zero attached hydrogens (tertiary/aromatic N) is 2. The molecule has 5 heteroatoms. The first-order chi connectivity index (χ1) is 12.2. The summed E-state index contributed by atoms with van der Waals surface area (Å²) in [6, 6.07) is 8.27. The van der Waals surface area contributed by atoms with Crippen LogP contribution in [-0.4, -0.2) is 73.1 Å². The first-order valence-corrected chi connectivity index (χ1v) is 9.51. The van der Waals surface area contributed by atoms with E-state index in [-0.39, 0.29) is 6.61 Å². The molecule has 3 rings (SSSR count). The summed E-state index contributed by atoms with van der Waals surface area (Å²) in [6.45, 7) is 6.79. The standard InChI is InChI=1S/C20H32N2O3/c1-25-20-4-2-16(3-5-20)10-22-12-18(19(13-22)15-24)11-21-8-6-17(14-23)7-9-21/h2-5,17-19,23-24H,6-15H2,1H3/t18-,19-/m1/s1. The van der Waals surface area contributed by atoms with Gasteiger partial charge in [0.25, 0.3) is 0 Å². The van der Waals surface area contributed by atoms with Gasteiger partial charge in [-0.05, 0) is 61.4 Å². The summed E-state index contributed by atoms with van der Waals surface area (Å²) in [5, 5.41) is 19.1. The van der Waals surface area contributed by atoms with Gasteiger partial charge in [-0.25, -0.2) is 0 Å². The highest BCUT2D eigenvalue weighted by molar-refractivity contribution is 5.27. The zero-order valence-electron chi connectivity index (χ0n) is 15.3. The quantitative estimate of drug-likeness (QED) is 0.781. The van der Waals surface area contributed by atoms with E-state index in [1.165, 1.54) is 5.56 Å². The molecule has 5 nitrogen and oxygen atoms in total. The van der Waals surface area contributed by atoms with Gasteiger partial charge in [0.05, 0.1) is 7.11 Å². The first-order valence-electron chi connectivity index (χ1n) is 9.51. The SMILES string of the molecule is COc1ccc(CN2C[C@@H](CN3CCC(CO)CC3)[C@@H](CO)C2)cc1. The second-order valence-electron chi connectivity index (χ2n) is 7.67. The molecule has 2 atom stereocenters. The van der Waals surface area contributed by atoms with Gasteiger partial charge in [0, 0.05) is 39.4 Å². The third-order valence-corrected chi connectivity index (χ3v) is 5.91. The molecular weight excluding hydrogens is 316 g/mol. The average molecular weight is 348 g/mol. The first kappa shape index (κ1) is 18.6. The maximum Gasteiger partial charge on any atom is 0.118 e. The molecule has 1 aromatic rings. The number of benzene rings is 1. The van der Waals surface area contributed by atoms with Gasteiger partial charge in [-0.2, -0.15) is 0 Å². The molecule has 2 fully saturated rings. The summed E-state index contributed by atoms with van der Waals surface area (Å²) in [4.78, 5) is 4.99. The summed E-state index contributed by atoms with van der Waals surface area (Å²) >= 11 is 0. The Morgan fingerprint density at radius 2 is 1.64 bits per heavy atom. The van der Waals surface area contributed by atoms with Crippen LogP contribution in [0.4, 0.5) is 0 Å². The van der Waals surface area contributed by atoms with E-state index in [0.29, 0.717) is 24.4 Å². The Morgan fingerprint density at radius 3 is 2.24 bits per heavy atom. The Hall–Kier alpha value is -1.14. The van der Waals surface area contributed by atoms with Crippen molar-refractivity contribution < 1.29 is 14.9 Å². The van der Waals surface area contributed by atoms with Crippen LogP contribution in [0.15, 0.2) is 24.3 Å². The van der Waals surface area contributed by atoms with Crippen molar-refractivity contribution in [1.29, 1.82) is 0 Å². The Balaban J connectivity index is 1.51. The summed E-state index contributed by atoms with van der Waals surface area (Å²) < 4.78 is 5.22. The summed E-state index contributed by atoms with van der Waals surface area (Å²) in [5.74, 6) is 2.28. The van der Waals surface area contributed by atoms with Crippen LogP contribution in [0, 0.1) is 17.8 Å². The van der Waals surface area contributed by atoms with E-state index in [2.05, 4.69) is 21.9 Å². The molecule has 0 aromatic heterocycles. The van der Waals surface area contributed by atoms with Crippen LogP contribution in [0.25, 0.3) is 0 Å². The summed E-state index contributed by atoms with van der Waals surface area (Å²) in [5.41, 5.74) is 1.29. The fourth-order valence-electron chi connectivity index (χ4n) is 4.25. The molecule has 0 saturated carbocycles. The number of hydrogen-bond acceptors (Lipinski definition) is 5. The topological polar surface area (TPSA) is 56.2 Å². The predicted molar refractivity (Wildman–Crippen MR) is 98.6 cm³/mol. The van der Waals surface area contributed by atoms with E-state index in [0.717, 1.165) is 57.9 Å². The van der Waals surface area contributed by atoms with Gasteiger partial charge in [0.1, 0.15) is 5.75 Å². The molecule has 2 heterocycles. The van der Waals surface area contributed by atoms with E-state index in [1.54, 1.807) is 7.11 Å². The molecule has 2 N–H and O–H groups in total.